The lowest BCUT2D eigenvalue weighted by Crippen LogP contribution is -2.33. The van der Waals surface area contributed by atoms with Crippen molar-refractivity contribution in [1.82, 2.24) is 10.6 Å². The zero-order chi connectivity index (χ0) is 22.4. The Morgan fingerprint density at radius 3 is 2.61 bits per heavy atom. The molecule has 2 N–H and O–H groups in total. The minimum absolute atomic E-state index is 0.0603. The van der Waals surface area contributed by atoms with E-state index in [-0.39, 0.29) is 25.5 Å². The monoisotopic (exact) mass is 433 g/mol. The minimum Gasteiger partial charge on any atom is -0.442 e. The fourth-order valence-corrected chi connectivity index (χ4v) is 3.17. The second kappa shape index (κ2) is 10.1. The van der Waals surface area contributed by atoms with Gasteiger partial charge in [-0.2, -0.15) is 8.78 Å². The number of nitrogens with one attached hydrogen (secondary N) is 2. The van der Waals surface area contributed by atoms with Crippen LogP contribution in [0.4, 0.5) is 23.7 Å². The first-order valence-electron chi connectivity index (χ1n) is 9.67. The summed E-state index contributed by atoms with van der Waals surface area (Å²) in [4.78, 5) is 24.4. The lowest BCUT2D eigenvalue weighted by atomic mass is 10.0. The quantitative estimate of drug-likeness (QED) is 0.621. The number of amides is 2. The van der Waals surface area contributed by atoms with Crippen LogP contribution in [-0.2, 0) is 16.1 Å². The lowest BCUT2D eigenvalue weighted by Gasteiger charge is -2.15. The van der Waals surface area contributed by atoms with Crippen molar-refractivity contribution in [3.05, 3.63) is 66.0 Å². The van der Waals surface area contributed by atoms with Crippen molar-refractivity contribution in [1.29, 1.82) is 0 Å². The SMILES string of the molecule is CC(=O)NC[C@H]1CN(c2ccc(-c3ccc(CNCC=C(F)F)cc3)c(F)c2)C(=O)O1. The third kappa shape index (κ3) is 6.08. The van der Waals surface area contributed by atoms with E-state index in [4.69, 9.17) is 4.74 Å². The van der Waals surface area contributed by atoms with Crippen LogP contribution in [0, 0.1) is 5.82 Å². The van der Waals surface area contributed by atoms with Crippen LogP contribution < -0.4 is 15.5 Å². The number of carbonyl (C=O) groups excluding carboxylic acids is 2. The Hall–Kier alpha value is -3.33. The van der Waals surface area contributed by atoms with E-state index >= 15 is 0 Å². The van der Waals surface area contributed by atoms with Crippen LogP contribution in [0.1, 0.15) is 12.5 Å². The smallest absolute Gasteiger partial charge is 0.414 e. The Labute approximate surface area is 177 Å². The van der Waals surface area contributed by atoms with Gasteiger partial charge in [0.15, 0.2) is 0 Å². The van der Waals surface area contributed by atoms with Crippen molar-refractivity contribution in [3.63, 3.8) is 0 Å². The van der Waals surface area contributed by atoms with E-state index in [9.17, 15) is 22.8 Å². The van der Waals surface area contributed by atoms with Gasteiger partial charge in [0.25, 0.3) is 6.08 Å². The van der Waals surface area contributed by atoms with Crippen LogP contribution in [-0.4, -0.2) is 37.7 Å². The molecule has 1 aliphatic rings. The van der Waals surface area contributed by atoms with Crippen LogP contribution >= 0.6 is 0 Å². The molecule has 1 atom stereocenters. The number of hydrogen-bond donors (Lipinski definition) is 2. The number of carbonyl (C=O) groups is 2. The summed E-state index contributed by atoms with van der Waals surface area (Å²) in [6.45, 7) is 2.24. The van der Waals surface area contributed by atoms with Crippen molar-refractivity contribution in [2.24, 2.45) is 0 Å². The van der Waals surface area contributed by atoms with Crippen molar-refractivity contribution < 1.29 is 27.5 Å². The summed E-state index contributed by atoms with van der Waals surface area (Å²) in [7, 11) is 0. The molecule has 0 unspecified atom stereocenters. The minimum atomic E-state index is -1.73. The summed E-state index contributed by atoms with van der Waals surface area (Å²) in [5, 5.41) is 5.45. The number of halogens is 3. The molecule has 9 heteroatoms. The Balaban J connectivity index is 1.65. The highest BCUT2D eigenvalue weighted by Crippen LogP contribution is 2.29. The molecular formula is C22H22F3N3O3. The van der Waals surface area contributed by atoms with Gasteiger partial charge in [0.05, 0.1) is 18.8 Å². The molecule has 3 rings (SSSR count). The van der Waals surface area contributed by atoms with Crippen LogP contribution in [0.3, 0.4) is 0 Å². The number of cyclic esters (lactones) is 1. The highest BCUT2D eigenvalue weighted by atomic mass is 19.3. The van der Waals surface area contributed by atoms with E-state index in [0.717, 1.165) is 11.6 Å². The number of ether oxygens (including phenoxy) is 1. The maximum atomic E-state index is 14.8. The number of hydrogen-bond acceptors (Lipinski definition) is 4. The second-order valence-corrected chi connectivity index (χ2v) is 7.04. The fourth-order valence-electron chi connectivity index (χ4n) is 3.17. The third-order valence-corrected chi connectivity index (χ3v) is 4.71. The molecule has 0 spiro atoms. The first kappa shape index (κ1) is 22.4. The molecule has 0 aliphatic carbocycles. The molecule has 0 bridgehead atoms. The van der Waals surface area contributed by atoms with Crippen molar-refractivity contribution in [3.8, 4) is 11.1 Å². The molecule has 1 heterocycles. The molecule has 0 saturated carbocycles. The molecule has 1 fully saturated rings. The van der Waals surface area contributed by atoms with Gasteiger partial charge in [0.1, 0.15) is 11.9 Å². The summed E-state index contributed by atoms with van der Waals surface area (Å²) in [5.74, 6) is -0.720. The van der Waals surface area contributed by atoms with E-state index < -0.39 is 24.1 Å². The maximum Gasteiger partial charge on any atom is 0.414 e. The molecule has 2 aromatic carbocycles. The first-order valence-corrected chi connectivity index (χ1v) is 9.67. The molecule has 6 nitrogen and oxygen atoms in total. The Morgan fingerprint density at radius 2 is 1.97 bits per heavy atom. The molecule has 2 aromatic rings. The van der Waals surface area contributed by atoms with Crippen LogP contribution in [0.15, 0.2) is 54.6 Å². The van der Waals surface area contributed by atoms with Gasteiger partial charge in [0.2, 0.25) is 5.91 Å². The molecular weight excluding hydrogens is 411 g/mol. The van der Waals surface area contributed by atoms with Gasteiger partial charge in [-0.05, 0) is 35.4 Å². The van der Waals surface area contributed by atoms with Gasteiger partial charge in [-0.3, -0.25) is 9.69 Å². The summed E-state index contributed by atoms with van der Waals surface area (Å²) < 4.78 is 44.0. The molecule has 1 saturated heterocycles. The summed E-state index contributed by atoms with van der Waals surface area (Å²) in [5.41, 5.74) is 2.26. The highest BCUT2D eigenvalue weighted by molar-refractivity contribution is 5.90. The largest absolute Gasteiger partial charge is 0.442 e. The number of rotatable bonds is 8. The molecule has 0 aromatic heterocycles. The van der Waals surface area contributed by atoms with Crippen LogP contribution in [0.5, 0.6) is 0 Å². The number of benzene rings is 2. The van der Waals surface area contributed by atoms with E-state index in [1.807, 2.05) is 0 Å². The predicted octanol–water partition coefficient (Wildman–Crippen LogP) is 3.82. The second-order valence-electron chi connectivity index (χ2n) is 7.04. The summed E-state index contributed by atoms with van der Waals surface area (Å²) >= 11 is 0. The first-order chi connectivity index (χ1) is 14.8. The van der Waals surface area contributed by atoms with Crippen LogP contribution in [0.2, 0.25) is 0 Å². The van der Waals surface area contributed by atoms with E-state index in [1.165, 1.54) is 17.9 Å². The average Bonchev–Trinajstić information content (AvgIpc) is 3.11. The number of anilines is 1. The van der Waals surface area contributed by atoms with Crippen molar-refractivity contribution >= 4 is 17.7 Å². The molecule has 1 aliphatic heterocycles. The zero-order valence-corrected chi connectivity index (χ0v) is 16.8. The number of nitrogens with zero attached hydrogens (tertiary/aromatic N) is 1. The Morgan fingerprint density at radius 1 is 1.23 bits per heavy atom. The van der Waals surface area contributed by atoms with Gasteiger partial charge < -0.3 is 15.4 Å². The zero-order valence-electron chi connectivity index (χ0n) is 16.8. The van der Waals surface area contributed by atoms with Gasteiger partial charge in [0, 0.05) is 25.6 Å². The topological polar surface area (TPSA) is 70.7 Å². The third-order valence-electron chi connectivity index (χ3n) is 4.71. The Kier molecular flexibility index (Phi) is 7.30. The lowest BCUT2D eigenvalue weighted by molar-refractivity contribution is -0.119. The van der Waals surface area contributed by atoms with Gasteiger partial charge >= 0.3 is 6.09 Å². The van der Waals surface area contributed by atoms with E-state index in [1.54, 1.807) is 36.4 Å². The standard InChI is InChI=1S/C22H22F3N3O3/c1-14(29)27-12-18-13-28(22(30)31-18)17-6-7-19(20(23)10-17)16-4-2-15(3-5-16)11-26-9-8-21(24)25/h2-8,10,18,26H,9,11-13H2,1H3,(H,27,29)/t18-/m0/s1. The average molecular weight is 433 g/mol. The normalized spacial score (nSPS) is 15.5. The van der Waals surface area contributed by atoms with Crippen molar-refractivity contribution in [2.45, 2.75) is 19.6 Å². The van der Waals surface area contributed by atoms with Gasteiger partial charge in [-0.15, -0.1) is 0 Å². The summed E-state index contributed by atoms with van der Waals surface area (Å²) in [6.07, 6.45) is -2.03. The van der Waals surface area contributed by atoms with Gasteiger partial charge in [-0.1, -0.05) is 24.3 Å². The molecule has 164 valence electrons. The maximum absolute atomic E-state index is 14.8. The van der Waals surface area contributed by atoms with Gasteiger partial charge in [-0.25, -0.2) is 9.18 Å². The van der Waals surface area contributed by atoms with Crippen LogP contribution in [0.25, 0.3) is 11.1 Å². The summed E-state index contributed by atoms with van der Waals surface area (Å²) in [6, 6.07) is 11.5. The molecule has 31 heavy (non-hydrogen) atoms. The van der Waals surface area contributed by atoms with Crippen molar-refractivity contribution in [2.75, 3.05) is 24.5 Å². The van der Waals surface area contributed by atoms with E-state index in [0.29, 0.717) is 23.4 Å². The molecule has 0 radical (unpaired) electrons. The predicted molar refractivity (Wildman–Crippen MR) is 110 cm³/mol. The fraction of sp³-hybridized carbons (Fsp3) is 0.273. The highest BCUT2D eigenvalue weighted by Gasteiger charge is 2.32. The molecule has 2 amide bonds. The Bertz CT molecular complexity index is 976. The van der Waals surface area contributed by atoms with E-state index in [2.05, 4.69) is 10.6 Å².